The second-order valence-electron chi connectivity index (χ2n) is 6.32. The van der Waals surface area contributed by atoms with Crippen LogP contribution in [0, 0.1) is 0 Å². The van der Waals surface area contributed by atoms with E-state index in [1.165, 1.54) is 21.2 Å². The molecule has 0 saturated heterocycles. The highest BCUT2D eigenvalue weighted by atomic mass is 35.5. The summed E-state index contributed by atoms with van der Waals surface area (Å²) in [5.41, 5.74) is -2.75. The Kier molecular flexibility index (Phi) is 4.16. The number of fused-ring (bicyclic) bond motifs is 2. The van der Waals surface area contributed by atoms with Crippen molar-refractivity contribution in [1.82, 2.24) is 23.7 Å². The third kappa shape index (κ3) is 2.60. The lowest BCUT2D eigenvalue weighted by Gasteiger charge is -2.13. The quantitative estimate of drug-likeness (QED) is 0.469. The number of methoxy groups -OCH3 is 1. The minimum Gasteiger partial charge on any atom is -0.468 e. The molecule has 0 fully saturated rings. The van der Waals surface area contributed by atoms with E-state index in [0.29, 0.717) is 10.7 Å². The molecule has 4 rings (SSSR count). The highest BCUT2D eigenvalue weighted by Gasteiger charge is 2.21. The minimum atomic E-state index is -0.826. The number of halogens is 1. The maximum Gasteiger partial charge on any atom is 0.332 e. The second kappa shape index (κ2) is 6.45. The number of H-pyrrole nitrogens is 1. The molecule has 29 heavy (non-hydrogen) atoms. The molecule has 3 heterocycles. The topological polar surface area (TPSA) is 121 Å². The number of pyridine rings is 1. The van der Waals surface area contributed by atoms with Gasteiger partial charge in [-0.05, 0) is 24.3 Å². The van der Waals surface area contributed by atoms with E-state index in [1.807, 2.05) is 0 Å². The van der Waals surface area contributed by atoms with E-state index in [2.05, 4.69) is 9.97 Å². The predicted octanol–water partition coefficient (Wildman–Crippen LogP) is 0.287. The van der Waals surface area contributed by atoms with Crippen molar-refractivity contribution >= 4 is 33.7 Å². The lowest BCUT2D eigenvalue weighted by molar-refractivity contribution is 0.368. The van der Waals surface area contributed by atoms with E-state index in [1.54, 1.807) is 24.3 Å². The standard InChI is InChI=1S/C18H14ClN5O5/c1-22-14-11(15(26)23(2)18(22)28)12(25)10-13(20-14)21-17(29-3)24(16(10)27)9-6-4-8(19)5-7-9/h4-7H,1-3H3,(H,20,25). The molecule has 0 aliphatic carbocycles. The van der Waals surface area contributed by atoms with Crippen molar-refractivity contribution in [3.8, 4) is 11.7 Å². The number of nitrogens with zero attached hydrogens (tertiary/aromatic N) is 4. The first kappa shape index (κ1) is 18.7. The van der Waals surface area contributed by atoms with Gasteiger partial charge in [-0.15, -0.1) is 0 Å². The van der Waals surface area contributed by atoms with Gasteiger partial charge in [0, 0.05) is 19.1 Å². The molecule has 0 unspecified atom stereocenters. The number of nitrogens with one attached hydrogen (secondary N) is 1. The Hall–Kier alpha value is -3.66. The van der Waals surface area contributed by atoms with Gasteiger partial charge in [0.2, 0.25) is 5.43 Å². The lowest BCUT2D eigenvalue weighted by Crippen LogP contribution is -2.40. The Morgan fingerprint density at radius 1 is 0.966 bits per heavy atom. The maximum atomic E-state index is 13.2. The van der Waals surface area contributed by atoms with Gasteiger partial charge in [0.1, 0.15) is 16.4 Å². The highest BCUT2D eigenvalue weighted by Crippen LogP contribution is 2.18. The van der Waals surface area contributed by atoms with Crippen LogP contribution in [0.5, 0.6) is 6.01 Å². The van der Waals surface area contributed by atoms with Crippen LogP contribution in [0.3, 0.4) is 0 Å². The van der Waals surface area contributed by atoms with E-state index in [0.717, 1.165) is 13.7 Å². The van der Waals surface area contributed by atoms with Crippen LogP contribution in [-0.2, 0) is 14.1 Å². The molecular weight excluding hydrogens is 402 g/mol. The SMILES string of the molecule is COc1nc2[nH]c3c(c(=O)c2c(=O)n1-c1ccc(Cl)cc1)c(=O)n(C)c(=O)n3C. The molecule has 148 valence electrons. The van der Waals surface area contributed by atoms with E-state index in [9.17, 15) is 19.2 Å². The molecule has 11 heteroatoms. The van der Waals surface area contributed by atoms with E-state index in [-0.39, 0.29) is 28.1 Å². The van der Waals surface area contributed by atoms with Crippen molar-refractivity contribution in [3.63, 3.8) is 0 Å². The number of benzene rings is 1. The molecule has 0 radical (unpaired) electrons. The summed E-state index contributed by atoms with van der Waals surface area (Å²) in [5, 5.41) is -0.180. The second-order valence-corrected chi connectivity index (χ2v) is 6.76. The number of aromatic amines is 1. The van der Waals surface area contributed by atoms with Gasteiger partial charge >= 0.3 is 11.7 Å². The maximum absolute atomic E-state index is 13.2. The minimum absolute atomic E-state index is 0.0335. The number of aryl methyl sites for hydroxylation is 1. The first-order valence-corrected chi connectivity index (χ1v) is 8.72. The fourth-order valence-electron chi connectivity index (χ4n) is 3.18. The van der Waals surface area contributed by atoms with Crippen LogP contribution in [0.2, 0.25) is 5.02 Å². The number of hydrogen-bond acceptors (Lipinski definition) is 6. The molecule has 3 aromatic heterocycles. The van der Waals surface area contributed by atoms with Gasteiger partial charge in [-0.25, -0.2) is 9.36 Å². The normalized spacial score (nSPS) is 11.3. The van der Waals surface area contributed by atoms with Crippen LogP contribution in [0.15, 0.2) is 43.4 Å². The zero-order valence-corrected chi connectivity index (χ0v) is 16.3. The molecule has 4 aromatic rings. The molecule has 0 aliphatic rings. The third-order valence-corrected chi connectivity index (χ3v) is 4.93. The number of rotatable bonds is 2. The number of aromatic nitrogens is 5. The lowest BCUT2D eigenvalue weighted by atomic mass is 10.2. The average molecular weight is 416 g/mol. The first-order chi connectivity index (χ1) is 13.8. The Morgan fingerprint density at radius 2 is 1.62 bits per heavy atom. The smallest absolute Gasteiger partial charge is 0.332 e. The molecule has 0 spiro atoms. The van der Waals surface area contributed by atoms with Gasteiger partial charge in [-0.2, -0.15) is 4.98 Å². The van der Waals surface area contributed by atoms with Crippen LogP contribution in [0.25, 0.3) is 27.8 Å². The monoisotopic (exact) mass is 415 g/mol. The third-order valence-electron chi connectivity index (χ3n) is 4.68. The Morgan fingerprint density at radius 3 is 2.24 bits per heavy atom. The van der Waals surface area contributed by atoms with Crippen molar-refractivity contribution in [3.05, 3.63) is 70.7 Å². The van der Waals surface area contributed by atoms with Gasteiger partial charge < -0.3 is 9.72 Å². The van der Waals surface area contributed by atoms with Crippen molar-refractivity contribution in [2.24, 2.45) is 14.1 Å². The fraction of sp³-hybridized carbons (Fsp3) is 0.167. The molecule has 0 saturated carbocycles. The van der Waals surface area contributed by atoms with Gasteiger partial charge in [-0.3, -0.25) is 23.5 Å². The summed E-state index contributed by atoms with van der Waals surface area (Å²) in [6.07, 6.45) is 0. The van der Waals surface area contributed by atoms with E-state index in [4.69, 9.17) is 16.3 Å². The summed E-state index contributed by atoms with van der Waals surface area (Å²) in [6.45, 7) is 0. The molecule has 1 N–H and O–H groups in total. The van der Waals surface area contributed by atoms with Gasteiger partial charge in [0.25, 0.3) is 11.1 Å². The van der Waals surface area contributed by atoms with Crippen molar-refractivity contribution in [2.75, 3.05) is 7.11 Å². The summed E-state index contributed by atoms with van der Waals surface area (Å²) >= 11 is 5.90. The summed E-state index contributed by atoms with van der Waals surface area (Å²) in [4.78, 5) is 58.1. The van der Waals surface area contributed by atoms with Gasteiger partial charge in [-0.1, -0.05) is 11.6 Å². The zero-order chi connectivity index (χ0) is 21.0. The Bertz CT molecular complexity index is 1540. The average Bonchev–Trinajstić information content (AvgIpc) is 2.70. The summed E-state index contributed by atoms with van der Waals surface area (Å²) in [6, 6.07) is 6.19. The molecule has 0 atom stereocenters. The van der Waals surface area contributed by atoms with Gasteiger partial charge in [0.05, 0.1) is 12.8 Å². The molecule has 0 aliphatic heterocycles. The molecular formula is C18H14ClN5O5. The van der Waals surface area contributed by atoms with Crippen LogP contribution in [0.4, 0.5) is 0 Å². The number of hydrogen-bond donors (Lipinski definition) is 1. The highest BCUT2D eigenvalue weighted by molar-refractivity contribution is 6.30. The van der Waals surface area contributed by atoms with Crippen molar-refractivity contribution < 1.29 is 4.74 Å². The summed E-state index contributed by atoms with van der Waals surface area (Å²) in [7, 11) is 3.98. The summed E-state index contributed by atoms with van der Waals surface area (Å²) in [5.74, 6) is 0. The van der Waals surface area contributed by atoms with Crippen LogP contribution >= 0.6 is 11.6 Å². The van der Waals surface area contributed by atoms with Crippen LogP contribution in [-0.4, -0.2) is 30.8 Å². The molecule has 0 amide bonds. The Labute approximate surface area is 166 Å². The predicted molar refractivity (Wildman–Crippen MR) is 108 cm³/mol. The van der Waals surface area contributed by atoms with Gasteiger partial charge in [0.15, 0.2) is 5.65 Å². The summed E-state index contributed by atoms with van der Waals surface area (Å²) < 4.78 is 8.24. The van der Waals surface area contributed by atoms with Crippen LogP contribution in [0.1, 0.15) is 0 Å². The molecule has 0 bridgehead atoms. The van der Waals surface area contributed by atoms with Crippen molar-refractivity contribution in [1.29, 1.82) is 0 Å². The van der Waals surface area contributed by atoms with E-state index < -0.39 is 22.2 Å². The fourth-order valence-corrected chi connectivity index (χ4v) is 3.31. The Balaban J connectivity index is 2.26. The van der Waals surface area contributed by atoms with E-state index >= 15 is 0 Å². The first-order valence-electron chi connectivity index (χ1n) is 8.35. The van der Waals surface area contributed by atoms with Crippen LogP contribution < -0.4 is 27.0 Å². The number of ether oxygens (including phenoxy) is 1. The largest absolute Gasteiger partial charge is 0.468 e. The zero-order valence-electron chi connectivity index (χ0n) is 15.5. The molecule has 1 aromatic carbocycles. The van der Waals surface area contributed by atoms with Crippen molar-refractivity contribution in [2.45, 2.75) is 0 Å². The molecule has 10 nitrogen and oxygen atoms in total.